The summed E-state index contributed by atoms with van der Waals surface area (Å²) in [5, 5.41) is 2.98. The number of para-hydroxylation sites is 2. The van der Waals surface area contributed by atoms with Gasteiger partial charge in [-0.3, -0.25) is 9.10 Å². The molecule has 4 rings (SSSR count). The smallest absolute Gasteiger partial charge is 0.264 e. The quantitative estimate of drug-likeness (QED) is 0.264. The van der Waals surface area contributed by atoms with Crippen LogP contribution in [0.15, 0.2) is 108 Å². The molecule has 0 aliphatic heterocycles. The van der Waals surface area contributed by atoms with Crippen LogP contribution in [0.3, 0.4) is 0 Å². The zero-order valence-electron chi connectivity index (χ0n) is 20.9. The van der Waals surface area contributed by atoms with Crippen molar-refractivity contribution in [2.75, 3.05) is 16.2 Å². The van der Waals surface area contributed by atoms with Crippen molar-refractivity contribution < 1.29 is 17.9 Å². The lowest BCUT2D eigenvalue weighted by atomic mass is 10.0. The van der Waals surface area contributed by atoms with Crippen molar-refractivity contribution in [1.82, 2.24) is 0 Å². The number of benzene rings is 4. The Morgan fingerprint density at radius 3 is 1.84 bits per heavy atom. The van der Waals surface area contributed by atoms with Gasteiger partial charge >= 0.3 is 0 Å². The van der Waals surface area contributed by atoms with E-state index in [1.807, 2.05) is 62.4 Å². The molecule has 6 nitrogen and oxygen atoms in total. The molecule has 0 spiro atoms. The number of carbonyl (C=O) groups is 1. The molecule has 0 unspecified atom stereocenters. The number of amides is 1. The van der Waals surface area contributed by atoms with Crippen LogP contribution in [0.2, 0.25) is 0 Å². The fraction of sp³-hybridized carbons (Fsp3) is 0.167. The molecule has 0 fully saturated rings. The lowest BCUT2D eigenvalue weighted by Gasteiger charge is -2.25. The van der Waals surface area contributed by atoms with Gasteiger partial charge in [0.25, 0.3) is 10.0 Å². The van der Waals surface area contributed by atoms with E-state index >= 15 is 0 Å². The maximum absolute atomic E-state index is 13.7. The van der Waals surface area contributed by atoms with Crippen molar-refractivity contribution in [3.63, 3.8) is 0 Å². The molecule has 0 saturated heterocycles. The highest BCUT2D eigenvalue weighted by molar-refractivity contribution is 7.92. The average Bonchev–Trinajstić information content (AvgIpc) is 2.93. The van der Waals surface area contributed by atoms with Crippen molar-refractivity contribution in [1.29, 1.82) is 0 Å². The lowest BCUT2D eigenvalue weighted by molar-refractivity contribution is -0.114. The minimum Gasteiger partial charge on any atom is -0.457 e. The van der Waals surface area contributed by atoms with E-state index in [2.05, 4.69) is 5.32 Å². The van der Waals surface area contributed by atoms with Crippen molar-refractivity contribution in [3.05, 3.63) is 114 Å². The molecule has 0 saturated carbocycles. The Balaban J connectivity index is 1.64. The van der Waals surface area contributed by atoms with Gasteiger partial charge in [0, 0.05) is 5.69 Å². The molecular formula is C30H30N2O4S. The van der Waals surface area contributed by atoms with E-state index in [4.69, 9.17) is 4.74 Å². The number of hydrogen-bond acceptors (Lipinski definition) is 4. The maximum atomic E-state index is 13.7. The zero-order chi connectivity index (χ0) is 26.3. The molecule has 7 heteroatoms. The summed E-state index contributed by atoms with van der Waals surface area (Å²) < 4.78 is 34.3. The first kappa shape index (κ1) is 26.0. The third-order valence-electron chi connectivity index (χ3n) is 5.99. The van der Waals surface area contributed by atoms with Gasteiger partial charge < -0.3 is 10.1 Å². The van der Waals surface area contributed by atoms with Crippen LogP contribution in [-0.2, 0) is 27.7 Å². The van der Waals surface area contributed by atoms with Crippen molar-refractivity contribution in [2.45, 2.75) is 31.6 Å². The minimum atomic E-state index is -4.01. The second-order valence-corrected chi connectivity index (χ2v) is 10.3. The van der Waals surface area contributed by atoms with Gasteiger partial charge in [0.2, 0.25) is 5.91 Å². The molecule has 4 aromatic rings. The molecule has 0 radical (unpaired) electrons. The Labute approximate surface area is 218 Å². The van der Waals surface area contributed by atoms with Crippen LogP contribution in [0.4, 0.5) is 11.4 Å². The Morgan fingerprint density at radius 2 is 1.27 bits per heavy atom. The molecule has 0 atom stereocenters. The molecule has 0 aliphatic carbocycles. The fourth-order valence-corrected chi connectivity index (χ4v) is 5.49. The Bertz CT molecular complexity index is 1420. The summed E-state index contributed by atoms with van der Waals surface area (Å²) in [6.45, 7) is 3.67. The average molecular weight is 515 g/mol. The molecule has 190 valence electrons. The first-order valence-corrected chi connectivity index (χ1v) is 13.7. The van der Waals surface area contributed by atoms with Crippen molar-refractivity contribution in [3.8, 4) is 11.5 Å². The van der Waals surface area contributed by atoms with Crippen LogP contribution < -0.4 is 14.4 Å². The van der Waals surface area contributed by atoms with E-state index in [0.717, 1.165) is 34.0 Å². The SMILES string of the molecule is CCc1cccc(CC)c1NC(=O)CN(c1ccc(Oc2ccccc2)cc1)S(=O)(=O)c1ccccc1. The van der Waals surface area contributed by atoms with Gasteiger partial charge in [0.15, 0.2) is 0 Å². The first-order chi connectivity index (χ1) is 17.9. The first-order valence-electron chi connectivity index (χ1n) is 12.2. The highest BCUT2D eigenvalue weighted by atomic mass is 32.2. The molecule has 4 aromatic carbocycles. The number of anilines is 2. The number of hydrogen-bond donors (Lipinski definition) is 1. The molecule has 0 aliphatic rings. The van der Waals surface area contributed by atoms with Gasteiger partial charge in [-0.1, -0.05) is 68.4 Å². The predicted molar refractivity (Wildman–Crippen MR) is 148 cm³/mol. The Morgan fingerprint density at radius 1 is 0.730 bits per heavy atom. The summed E-state index contributed by atoms with van der Waals surface area (Å²) in [5.74, 6) is 0.811. The largest absolute Gasteiger partial charge is 0.457 e. The number of sulfonamides is 1. The number of nitrogens with zero attached hydrogens (tertiary/aromatic N) is 1. The van der Waals surface area contributed by atoms with E-state index in [1.54, 1.807) is 42.5 Å². The normalized spacial score (nSPS) is 11.1. The summed E-state index contributed by atoms with van der Waals surface area (Å²) in [4.78, 5) is 13.4. The number of carbonyl (C=O) groups excluding carboxylic acids is 1. The Kier molecular flexibility index (Phi) is 8.25. The van der Waals surface area contributed by atoms with Crippen LogP contribution in [0.25, 0.3) is 0 Å². The lowest BCUT2D eigenvalue weighted by Crippen LogP contribution is -2.38. The highest BCUT2D eigenvalue weighted by Crippen LogP contribution is 2.29. The predicted octanol–water partition coefficient (Wildman–Crippen LogP) is 6.44. The number of nitrogens with one attached hydrogen (secondary N) is 1. The number of aryl methyl sites for hydroxylation is 2. The number of rotatable bonds is 10. The molecule has 1 N–H and O–H groups in total. The second kappa shape index (κ2) is 11.8. The molecular weight excluding hydrogens is 484 g/mol. The topological polar surface area (TPSA) is 75.7 Å². The van der Waals surface area contributed by atoms with Crippen LogP contribution in [0, 0.1) is 0 Å². The maximum Gasteiger partial charge on any atom is 0.264 e. The molecule has 37 heavy (non-hydrogen) atoms. The van der Waals surface area contributed by atoms with Crippen LogP contribution in [-0.4, -0.2) is 20.9 Å². The van der Waals surface area contributed by atoms with Gasteiger partial charge in [-0.25, -0.2) is 8.42 Å². The highest BCUT2D eigenvalue weighted by Gasteiger charge is 2.27. The van der Waals surface area contributed by atoms with E-state index in [-0.39, 0.29) is 11.4 Å². The van der Waals surface area contributed by atoms with Gasteiger partial charge in [0.05, 0.1) is 10.6 Å². The van der Waals surface area contributed by atoms with Gasteiger partial charge in [-0.05, 0) is 72.5 Å². The van der Waals surface area contributed by atoms with Crippen LogP contribution in [0.1, 0.15) is 25.0 Å². The summed E-state index contributed by atoms with van der Waals surface area (Å²) in [6.07, 6.45) is 1.50. The summed E-state index contributed by atoms with van der Waals surface area (Å²) in [6, 6.07) is 30.0. The third-order valence-corrected chi connectivity index (χ3v) is 7.77. The minimum absolute atomic E-state index is 0.107. The molecule has 0 aromatic heterocycles. The van der Waals surface area contributed by atoms with E-state index < -0.39 is 15.9 Å². The molecule has 1 amide bonds. The van der Waals surface area contributed by atoms with Gasteiger partial charge in [-0.15, -0.1) is 0 Å². The number of ether oxygens (including phenoxy) is 1. The van der Waals surface area contributed by atoms with Gasteiger partial charge in [0.1, 0.15) is 18.0 Å². The van der Waals surface area contributed by atoms with Gasteiger partial charge in [-0.2, -0.15) is 0 Å². The van der Waals surface area contributed by atoms with Crippen LogP contribution in [0.5, 0.6) is 11.5 Å². The Hall–Kier alpha value is -4.10. The summed E-state index contributed by atoms with van der Waals surface area (Å²) in [5.41, 5.74) is 3.13. The van der Waals surface area contributed by atoms with E-state index in [1.165, 1.54) is 12.1 Å². The fourth-order valence-electron chi connectivity index (χ4n) is 4.05. The summed E-state index contributed by atoms with van der Waals surface area (Å²) >= 11 is 0. The van der Waals surface area contributed by atoms with Crippen LogP contribution >= 0.6 is 0 Å². The molecule has 0 bridgehead atoms. The van der Waals surface area contributed by atoms with E-state index in [9.17, 15) is 13.2 Å². The van der Waals surface area contributed by atoms with E-state index in [0.29, 0.717) is 17.2 Å². The molecule has 0 heterocycles. The van der Waals surface area contributed by atoms with Crippen molar-refractivity contribution >= 4 is 27.3 Å². The second-order valence-electron chi connectivity index (χ2n) is 8.44. The third kappa shape index (κ3) is 6.19. The standard InChI is InChI=1S/C30H30N2O4S/c1-3-23-12-11-13-24(4-2)30(23)31-29(33)22-32(37(34,35)28-16-9-6-10-17-28)25-18-20-27(21-19-25)36-26-14-7-5-8-15-26/h5-21H,3-4,22H2,1-2H3,(H,31,33). The van der Waals surface area contributed by atoms with Crippen molar-refractivity contribution in [2.24, 2.45) is 0 Å². The summed E-state index contributed by atoms with van der Waals surface area (Å²) in [7, 11) is -4.01. The monoisotopic (exact) mass is 514 g/mol. The zero-order valence-corrected chi connectivity index (χ0v) is 21.7.